The Kier molecular flexibility index (Phi) is 7.43. The van der Waals surface area contributed by atoms with Crippen molar-refractivity contribution in [2.75, 3.05) is 7.11 Å². The lowest BCUT2D eigenvalue weighted by atomic mass is 9.98. The van der Waals surface area contributed by atoms with Crippen molar-refractivity contribution >= 4 is 52.2 Å². The largest absolute Gasteiger partial charge is 0.465 e. The van der Waals surface area contributed by atoms with Crippen molar-refractivity contribution in [3.05, 3.63) is 112 Å². The number of hydrogen-bond acceptors (Lipinski definition) is 3. The van der Waals surface area contributed by atoms with Crippen LogP contribution in [0.4, 0.5) is 0 Å². The highest BCUT2D eigenvalue weighted by Crippen LogP contribution is 2.28. The lowest BCUT2D eigenvalue weighted by molar-refractivity contribution is 0.0599. The number of carbonyl (C=O) groups is 1. The van der Waals surface area contributed by atoms with Gasteiger partial charge in [0.15, 0.2) is 0 Å². The van der Waals surface area contributed by atoms with Crippen molar-refractivity contribution in [3.8, 4) is 0 Å². The summed E-state index contributed by atoms with van der Waals surface area (Å²) in [7, 11) is 1.39. The number of pyridine rings is 1. The van der Waals surface area contributed by atoms with Gasteiger partial charge in [0.2, 0.25) is 0 Å². The van der Waals surface area contributed by atoms with Crippen molar-refractivity contribution < 1.29 is 9.53 Å². The molecule has 0 fully saturated rings. The molecule has 1 aromatic heterocycles. The minimum Gasteiger partial charge on any atom is -0.465 e. The minimum atomic E-state index is -0.326. The van der Waals surface area contributed by atoms with Gasteiger partial charge in [-0.2, -0.15) is 0 Å². The number of aromatic nitrogens is 1. The first kappa shape index (κ1) is 23.0. The molecule has 0 bridgehead atoms. The van der Waals surface area contributed by atoms with E-state index < -0.39 is 0 Å². The zero-order chi connectivity index (χ0) is 23.2. The van der Waals surface area contributed by atoms with Crippen LogP contribution in [-0.4, -0.2) is 18.1 Å². The molecule has 4 rings (SSSR count). The summed E-state index contributed by atoms with van der Waals surface area (Å²) in [5.41, 5.74) is 5.33. The molecule has 0 saturated heterocycles. The Morgan fingerprint density at radius 2 is 1.82 bits per heavy atom. The second kappa shape index (κ2) is 10.7. The van der Waals surface area contributed by atoms with Crippen LogP contribution in [0.5, 0.6) is 0 Å². The van der Waals surface area contributed by atoms with Crippen LogP contribution in [0, 0.1) is 0 Å². The van der Waals surface area contributed by atoms with Gasteiger partial charge in [0.05, 0.1) is 29.3 Å². The Balaban J connectivity index is 1.46. The van der Waals surface area contributed by atoms with Gasteiger partial charge in [0.1, 0.15) is 0 Å². The Morgan fingerprint density at radius 3 is 2.67 bits per heavy atom. The number of halogens is 2. The first-order valence-electron chi connectivity index (χ1n) is 10.7. The van der Waals surface area contributed by atoms with Crippen LogP contribution in [0.3, 0.4) is 0 Å². The van der Waals surface area contributed by atoms with Gasteiger partial charge in [-0.3, -0.25) is 0 Å². The van der Waals surface area contributed by atoms with Gasteiger partial charge in [-0.1, -0.05) is 72.3 Å². The van der Waals surface area contributed by atoms with Crippen LogP contribution in [-0.2, 0) is 11.2 Å². The summed E-state index contributed by atoms with van der Waals surface area (Å²) in [6.07, 6.45) is 5.40. The molecule has 0 spiro atoms. The predicted octanol–water partition coefficient (Wildman–Crippen LogP) is 7.76. The minimum absolute atomic E-state index is 0.176. The van der Waals surface area contributed by atoms with Crippen LogP contribution >= 0.6 is 23.2 Å². The summed E-state index contributed by atoms with van der Waals surface area (Å²) in [4.78, 5) is 16.7. The fourth-order valence-electron chi connectivity index (χ4n) is 3.73. The highest BCUT2D eigenvalue weighted by atomic mass is 35.5. The van der Waals surface area contributed by atoms with Gasteiger partial charge < -0.3 is 4.74 Å². The second-order valence-corrected chi connectivity index (χ2v) is 8.69. The SMILES string of the molecule is COC(=O)c1ccccc1CC[C@@H](Cl)c1cccc(C=Cc2ccc3ccc(Cl)cc3n2)c1. The third-order valence-corrected chi connectivity index (χ3v) is 6.19. The van der Waals surface area contributed by atoms with Crippen LogP contribution in [0.25, 0.3) is 23.1 Å². The normalized spacial score (nSPS) is 12.2. The van der Waals surface area contributed by atoms with E-state index in [1.807, 2.05) is 78.9 Å². The maximum Gasteiger partial charge on any atom is 0.338 e. The molecule has 0 unspecified atom stereocenters. The molecule has 33 heavy (non-hydrogen) atoms. The molecule has 3 aromatic carbocycles. The number of rotatable bonds is 7. The summed E-state index contributed by atoms with van der Waals surface area (Å²) < 4.78 is 4.89. The van der Waals surface area contributed by atoms with Crippen LogP contribution in [0.2, 0.25) is 5.02 Å². The van der Waals surface area contributed by atoms with Gasteiger partial charge in [0.25, 0.3) is 0 Å². The molecule has 166 valence electrons. The highest BCUT2D eigenvalue weighted by Gasteiger charge is 2.14. The molecular weight excluding hydrogens is 453 g/mol. The number of ether oxygens (including phenoxy) is 1. The van der Waals surface area contributed by atoms with E-state index >= 15 is 0 Å². The topological polar surface area (TPSA) is 39.2 Å². The fourth-order valence-corrected chi connectivity index (χ4v) is 4.15. The number of hydrogen-bond donors (Lipinski definition) is 0. The standard InChI is InChI=1S/C28H23Cl2NO2/c1-33-28(32)25-8-3-2-6-20(25)12-16-26(30)22-7-4-5-19(17-22)9-14-24-15-11-21-10-13-23(29)18-27(21)31-24/h2-11,13-15,17-18,26H,12,16H2,1H3/t26-/m1/s1. The molecule has 5 heteroatoms. The highest BCUT2D eigenvalue weighted by molar-refractivity contribution is 6.31. The fraction of sp³-hybridized carbons (Fsp3) is 0.143. The number of aryl methyl sites for hydroxylation is 1. The van der Waals surface area contributed by atoms with E-state index in [-0.39, 0.29) is 11.3 Å². The maximum absolute atomic E-state index is 12.0. The monoisotopic (exact) mass is 475 g/mol. The number of alkyl halides is 1. The van der Waals surface area contributed by atoms with Crippen molar-refractivity contribution in [3.63, 3.8) is 0 Å². The molecule has 1 atom stereocenters. The van der Waals surface area contributed by atoms with E-state index in [4.69, 9.17) is 27.9 Å². The van der Waals surface area contributed by atoms with Crippen LogP contribution in [0.15, 0.2) is 78.9 Å². The van der Waals surface area contributed by atoms with Gasteiger partial charge >= 0.3 is 5.97 Å². The molecule has 0 N–H and O–H groups in total. The lowest BCUT2D eigenvalue weighted by Gasteiger charge is -2.12. The Labute approximate surface area is 203 Å². The summed E-state index contributed by atoms with van der Waals surface area (Å²) in [5.74, 6) is -0.326. The molecule has 0 aliphatic heterocycles. The van der Waals surface area contributed by atoms with Gasteiger partial charge in [-0.15, -0.1) is 11.6 Å². The summed E-state index contributed by atoms with van der Waals surface area (Å²) >= 11 is 12.8. The zero-order valence-electron chi connectivity index (χ0n) is 18.2. The first-order valence-corrected chi connectivity index (χ1v) is 11.5. The van der Waals surface area contributed by atoms with Gasteiger partial charge in [-0.05, 0) is 59.9 Å². The molecule has 0 radical (unpaired) electrons. The summed E-state index contributed by atoms with van der Waals surface area (Å²) in [5, 5.41) is 1.55. The van der Waals surface area contributed by atoms with E-state index in [1.165, 1.54) is 7.11 Å². The number of fused-ring (bicyclic) bond motifs is 1. The third kappa shape index (κ3) is 5.81. The van der Waals surface area contributed by atoms with E-state index in [1.54, 1.807) is 6.07 Å². The Hall–Kier alpha value is -3.14. The van der Waals surface area contributed by atoms with E-state index in [2.05, 4.69) is 11.1 Å². The van der Waals surface area contributed by atoms with Crippen LogP contribution < -0.4 is 0 Å². The Morgan fingerprint density at radius 1 is 1.00 bits per heavy atom. The molecule has 3 nitrogen and oxygen atoms in total. The molecular formula is C28H23Cl2NO2. The van der Waals surface area contributed by atoms with Gasteiger partial charge in [0, 0.05) is 10.4 Å². The van der Waals surface area contributed by atoms with Gasteiger partial charge in [-0.25, -0.2) is 9.78 Å². The summed E-state index contributed by atoms with van der Waals surface area (Å²) in [6.45, 7) is 0. The summed E-state index contributed by atoms with van der Waals surface area (Å²) in [6, 6.07) is 25.3. The maximum atomic E-state index is 12.0. The predicted molar refractivity (Wildman–Crippen MR) is 137 cm³/mol. The molecule has 0 aliphatic carbocycles. The third-order valence-electron chi connectivity index (χ3n) is 5.48. The molecule has 4 aromatic rings. The molecule has 0 amide bonds. The molecule has 0 aliphatic rings. The van der Waals surface area contributed by atoms with Crippen molar-refractivity contribution in [2.45, 2.75) is 18.2 Å². The Bertz CT molecular complexity index is 1320. The lowest BCUT2D eigenvalue weighted by Crippen LogP contribution is -2.06. The van der Waals surface area contributed by atoms with Crippen molar-refractivity contribution in [1.82, 2.24) is 4.98 Å². The van der Waals surface area contributed by atoms with Crippen molar-refractivity contribution in [1.29, 1.82) is 0 Å². The number of methoxy groups -OCH3 is 1. The second-order valence-electron chi connectivity index (χ2n) is 7.73. The van der Waals surface area contributed by atoms with E-state index in [9.17, 15) is 4.79 Å². The molecule has 0 saturated carbocycles. The quantitative estimate of drug-likeness (QED) is 0.202. The van der Waals surface area contributed by atoms with E-state index in [0.29, 0.717) is 23.4 Å². The molecule has 1 heterocycles. The zero-order valence-corrected chi connectivity index (χ0v) is 19.7. The van der Waals surface area contributed by atoms with Crippen LogP contribution in [0.1, 0.15) is 44.5 Å². The average Bonchev–Trinajstić information content (AvgIpc) is 2.85. The smallest absolute Gasteiger partial charge is 0.338 e. The number of nitrogens with zero attached hydrogens (tertiary/aromatic N) is 1. The number of benzene rings is 3. The van der Waals surface area contributed by atoms with E-state index in [0.717, 1.165) is 33.3 Å². The number of esters is 1. The number of carbonyl (C=O) groups excluding carboxylic acids is 1. The van der Waals surface area contributed by atoms with Crippen molar-refractivity contribution in [2.24, 2.45) is 0 Å². The first-order chi connectivity index (χ1) is 16.0. The average molecular weight is 476 g/mol.